The van der Waals surface area contributed by atoms with Crippen LogP contribution in [0.25, 0.3) is 0 Å². The molecule has 1 aromatic carbocycles. The van der Waals surface area contributed by atoms with Gasteiger partial charge in [-0.2, -0.15) is 0 Å². The first kappa shape index (κ1) is 15.1. The monoisotopic (exact) mass is 343 g/mol. The van der Waals surface area contributed by atoms with Gasteiger partial charge in [-0.1, -0.05) is 6.08 Å². The Hall–Kier alpha value is -2.22. The molecule has 0 spiro atoms. The van der Waals surface area contributed by atoms with E-state index < -0.39 is 29.8 Å². The summed E-state index contributed by atoms with van der Waals surface area (Å²) < 4.78 is 22.4. The van der Waals surface area contributed by atoms with E-state index in [4.69, 9.17) is 18.9 Å². The lowest BCUT2D eigenvalue weighted by atomic mass is 9.76. The van der Waals surface area contributed by atoms with Crippen LogP contribution in [0.5, 0.6) is 5.75 Å². The van der Waals surface area contributed by atoms with Gasteiger partial charge >= 0.3 is 0 Å². The zero-order chi connectivity index (χ0) is 17.2. The number of carbonyl (C=O) groups excluding carboxylic acids is 2. The fourth-order valence-corrected chi connectivity index (χ4v) is 4.31. The van der Waals surface area contributed by atoms with Crippen LogP contribution in [-0.2, 0) is 23.8 Å². The molecule has 3 saturated heterocycles. The van der Waals surface area contributed by atoms with Crippen molar-refractivity contribution in [2.45, 2.75) is 18.0 Å². The highest BCUT2D eigenvalue weighted by Crippen LogP contribution is 2.55. The highest BCUT2D eigenvalue weighted by molar-refractivity contribution is 6.23. The van der Waals surface area contributed by atoms with Crippen molar-refractivity contribution in [1.29, 1.82) is 0 Å². The number of imide groups is 1. The van der Waals surface area contributed by atoms with Crippen LogP contribution >= 0.6 is 0 Å². The highest BCUT2D eigenvalue weighted by atomic mass is 16.7. The van der Waals surface area contributed by atoms with Gasteiger partial charge < -0.3 is 18.9 Å². The van der Waals surface area contributed by atoms with E-state index in [1.807, 2.05) is 12.2 Å². The van der Waals surface area contributed by atoms with Crippen LogP contribution in [0.1, 0.15) is 0 Å². The minimum Gasteiger partial charge on any atom is -0.497 e. The fourth-order valence-electron chi connectivity index (χ4n) is 4.31. The van der Waals surface area contributed by atoms with E-state index in [2.05, 4.69) is 0 Å². The maximum atomic E-state index is 13.2. The number of anilines is 1. The summed E-state index contributed by atoms with van der Waals surface area (Å²) in [5.74, 6) is -1.01. The molecule has 4 heterocycles. The third kappa shape index (κ3) is 1.85. The molecule has 5 rings (SSSR count). The van der Waals surface area contributed by atoms with Gasteiger partial charge in [0.15, 0.2) is 11.9 Å². The van der Waals surface area contributed by atoms with Crippen molar-refractivity contribution in [3.8, 4) is 5.75 Å². The quantitative estimate of drug-likeness (QED) is 0.599. The second kappa shape index (κ2) is 5.14. The Morgan fingerprint density at radius 3 is 2.52 bits per heavy atom. The van der Waals surface area contributed by atoms with Crippen LogP contribution in [0.4, 0.5) is 5.69 Å². The van der Waals surface area contributed by atoms with Crippen molar-refractivity contribution in [2.24, 2.45) is 11.8 Å². The molecular formula is C18H17NO6. The number of hydrogen-bond acceptors (Lipinski definition) is 6. The molecule has 2 bridgehead atoms. The van der Waals surface area contributed by atoms with Gasteiger partial charge in [-0.25, -0.2) is 4.90 Å². The first-order valence-electron chi connectivity index (χ1n) is 8.28. The minimum atomic E-state index is -1.01. The van der Waals surface area contributed by atoms with Crippen molar-refractivity contribution in [3.05, 3.63) is 36.4 Å². The normalized spacial score (nSPS) is 36.5. The summed E-state index contributed by atoms with van der Waals surface area (Å²) in [6.07, 6.45) is 2.60. The third-order valence-corrected chi connectivity index (χ3v) is 5.40. The maximum Gasteiger partial charge on any atom is 0.241 e. The number of carbonyl (C=O) groups is 2. The van der Waals surface area contributed by atoms with E-state index in [1.54, 1.807) is 31.4 Å². The summed E-state index contributed by atoms with van der Waals surface area (Å²) >= 11 is 0. The molecule has 7 nitrogen and oxygen atoms in total. The maximum absolute atomic E-state index is 13.2. The number of fused-ring (bicyclic) bond motifs is 5. The first-order valence-corrected chi connectivity index (χ1v) is 8.28. The molecule has 0 N–H and O–H groups in total. The van der Waals surface area contributed by atoms with Crippen molar-refractivity contribution < 1.29 is 28.5 Å². The molecule has 4 aliphatic heterocycles. The van der Waals surface area contributed by atoms with Crippen LogP contribution in [0, 0.1) is 11.8 Å². The summed E-state index contributed by atoms with van der Waals surface area (Å²) in [6, 6.07) is 6.88. The van der Waals surface area contributed by atoms with E-state index in [0.717, 1.165) is 0 Å². The average Bonchev–Trinajstić information content (AvgIpc) is 3.39. The molecule has 3 fully saturated rings. The number of amides is 2. The molecule has 0 saturated carbocycles. The summed E-state index contributed by atoms with van der Waals surface area (Å²) in [4.78, 5) is 27.4. The van der Waals surface area contributed by atoms with Crippen molar-refractivity contribution in [3.63, 3.8) is 0 Å². The molecule has 0 radical (unpaired) electrons. The van der Waals surface area contributed by atoms with E-state index in [9.17, 15) is 9.59 Å². The largest absolute Gasteiger partial charge is 0.497 e. The van der Waals surface area contributed by atoms with Gasteiger partial charge in [-0.15, -0.1) is 0 Å². The Balaban J connectivity index is 1.53. The Kier molecular flexibility index (Phi) is 3.10. The summed E-state index contributed by atoms with van der Waals surface area (Å²) in [6.45, 7) is 0.909. The molecule has 0 unspecified atom stereocenters. The molecule has 4 atom stereocenters. The molecule has 7 heteroatoms. The van der Waals surface area contributed by atoms with E-state index in [0.29, 0.717) is 24.7 Å². The number of rotatable bonds is 3. The lowest BCUT2D eigenvalue weighted by Gasteiger charge is -2.32. The van der Waals surface area contributed by atoms with Crippen LogP contribution in [0.15, 0.2) is 36.4 Å². The Morgan fingerprint density at radius 1 is 1.12 bits per heavy atom. The first-order chi connectivity index (χ1) is 12.2. The number of methoxy groups -OCH3 is 1. The standard InChI is InChI=1S/C18H17NO6/c1-22-11-4-2-10(3-5-11)19-15(20)13-12-6-7-18(25-12,14(13)16(19)21)17-23-8-9-24-17/h2-7,12-14,17H,8-9H2,1H3/t12-,13+,14-,18-/m1/s1. The number of ether oxygens (including phenoxy) is 4. The van der Waals surface area contributed by atoms with Gasteiger partial charge in [0.1, 0.15) is 5.75 Å². The van der Waals surface area contributed by atoms with Crippen LogP contribution in [0.2, 0.25) is 0 Å². The van der Waals surface area contributed by atoms with Gasteiger partial charge in [-0.05, 0) is 30.3 Å². The van der Waals surface area contributed by atoms with Crippen molar-refractivity contribution in [1.82, 2.24) is 0 Å². The summed E-state index contributed by atoms with van der Waals surface area (Å²) in [5.41, 5.74) is -0.479. The summed E-state index contributed by atoms with van der Waals surface area (Å²) in [5, 5.41) is 0. The second-order valence-corrected chi connectivity index (χ2v) is 6.58. The molecule has 0 aromatic heterocycles. The minimum absolute atomic E-state index is 0.241. The molecule has 0 aliphatic carbocycles. The lowest BCUT2D eigenvalue weighted by molar-refractivity contribution is -0.180. The molecule has 25 heavy (non-hydrogen) atoms. The Morgan fingerprint density at radius 2 is 1.84 bits per heavy atom. The number of nitrogens with zero attached hydrogens (tertiary/aromatic N) is 1. The third-order valence-electron chi connectivity index (χ3n) is 5.40. The SMILES string of the molecule is COc1ccc(N2C(=O)[C@H]3[C@H]4C=C[C@@](C5OCCO5)(O4)[C@H]3C2=O)cc1. The van der Waals surface area contributed by atoms with Gasteiger partial charge in [0.2, 0.25) is 11.8 Å². The van der Waals surface area contributed by atoms with Gasteiger partial charge in [0.25, 0.3) is 0 Å². The zero-order valence-corrected chi connectivity index (χ0v) is 13.6. The van der Waals surface area contributed by atoms with Crippen molar-refractivity contribution >= 4 is 17.5 Å². The van der Waals surface area contributed by atoms with Crippen LogP contribution < -0.4 is 9.64 Å². The predicted octanol–water partition coefficient (Wildman–Crippen LogP) is 0.881. The van der Waals surface area contributed by atoms with E-state index in [-0.39, 0.29) is 11.8 Å². The highest BCUT2D eigenvalue weighted by Gasteiger charge is 2.71. The smallest absolute Gasteiger partial charge is 0.241 e. The van der Waals surface area contributed by atoms with Crippen molar-refractivity contribution in [2.75, 3.05) is 25.2 Å². The topological polar surface area (TPSA) is 74.3 Å². The zero-order valence-electron chi connectivity index (χ0n) is 13.6. The Bertz CT molecular complexity index is 768. The fraction of sp³-hybridized carbons (Fsp3) is 0.444. The lowest BCUT2D eigenvalue weighted by Crippen LogP contribution is -2.49. The molecule has 1 aromatic rings. The van der Waals surface area contributed by atoms with Crippen LogP contribution in [-0.4, -0.2) is 50.1 Å². The molecular weight excluding hydrogens is 326 g/mol. The molecule has 130 valence electrons. The van der Waals surface area contributed by atoms with E-state index in [1.165, 1.54) is 4.90 Å². The number of hydrogen-bond donors (Lipinski definition) is 0. The van der Waals surface area contributed by atoms with Crippen LogP contribution in [0.3, 0.4) is 0 Å². The predicted molar refractivity (Wildman–Crippen MR) is 84.9 cm³/mol. The molecule has 4 aliphatic rings. The summed E-state index contributed by atoms with van der Waals surface area (Å²) in [7, 11) is 1.57. The van der Waals surface area contributed by atoms with Gasteiger partial charge in [0.05, 0.1) is 44.0 Å². The van der Waals surface area contributed by atoms with E-state index >= 15 is 0 Å². The average molecular weight is 343 g/mol. The second-order valence-electron chi connectivity index (χ2n) is 6.58. The molecule has 2 amide bonds. The number of benzene rings is 1. The Labute approximate surface area is 144 Å². The van der Waals surface area contributed by atoms with Gasteiger partial charge in [0, 0.05) is 0 Å². The van der Waals surface area contributed by atoms with Gasteiger partial charge in [-0.3, -0.25) is 9.59 Å².